The number of carbonyl (C=O) groups excluding carboxylic acids is 2. The number of methoxy groups -OCH3 is 2. The van der Waals surface area contributed by atoms with Crippen molar-refractivity contribution < 1.29 is 23.8 Å². The highest BCUT2D eigenvalue weighted by molar-refractivity contribution is 5.78. The molecule has 0 radical (unpaired) electrons. The van der Waals surface area contributed by atoms with Crippen molar-refractivity contribution in [3.05, 3.63) is 29.8 Å². The Labute approximate surface area is 137 Å². The van der Waals surface area contributed by atoms with Crippen LogP contribution in [0.3, 0.4) is 0 Å². The number of hydrogen-bond donors (Lipinski definition) is 0. The van der Waals surface area contributed by atoms with E-state index in [4.69, 9.17) is 9.47 Å². The predicted octanol–water partition coefficient (Wildman–Crippen LogP) is 1.67. The van der Waals surface area contributed by atoms with E-state index >= 15 is 0 Å². The van der Waals surface area contributed by atoms with Gasteiger partial charge in [0.15, 0.2) is 6.61 Å². The van der Waals surface area contributed by atoms with Gasteiger partial charge in [0.1, 0.15) is 5.75 Å². The smallest absolute Gasteiger partial charge is 0.307 e. The van der Waals surface area contributed by atoms with Gasteiger partial charge in [0.05, 0.1) is 20.1 Å². The fourth-order valence-electron chi connectivity index (χ4n) is 1.98. The summed E-state index contributed by atoms with van der Waals surface area (Å²) >= 11 is 0. The molecular weight excluding hydrogens is 298 g/mol. The van der Waals surface area contributed by atoms with Crippen LogP contribution in [-0.4, -0.2) is 57.3 Å². The third-order valence-corrected chi connectivity index (χ3v) is 3.40. The minimum absolute atomic E-state index is 0.0714. The molecule has 6 heteroatoms. The molecule has 23 heavy (non-hydrogen) atoms. The van der Waals surface area contributed by atoms with Crippen LogP contribution >= 0.6 is 0 Å². The first-order valence-electron chi connectivity index (χ1n) is 7.66. The summed E-state index contributed by atoms with van der Waals surface area (Å²) in [6, 6.07) is 7.65. The minimum Gasteiger partial charge on any atom is -0.484 e. The highest BCUT2D eigenvalue weighted by atomic mass is 16.5. The fourth-order valence-corrected chi connectivity index (χ4v) is 1.98. The second kappa shape index (κ2) is 10.6. The van der Waals surface area contributed by atoms with Crippen molar-refractivity contribution in [2.45, 2.75) is 19.8 Å². The van der Waals surface area contributed by atoms with Gasteiger partial charge in [-0.3, -0.25) is 9.59 Å². The lowest BCUT2D eigenvalue weighted by atomic mass is 10.2. The van der Waals surface area contributed by atoms with Crippen LogP contribution in [0.4, 0.5) is 0 Å². The van der Waals surface area contributed by atoms with Crippen LogP contribution in [0, 0.1) is 0 Å². The van der Waals surface area contributed by atoms with E-state index in [1.165, 1.54) is 7.11 Å². The molecule has 0 saturated carbocycles. The summed E-state index contributed by atoms with van der Waals surface area (Å²) in [4.78, 5) is 25.1. The summed E-state index contributed by atoms with van der Waals surface area (Å²) in [5, 5.41) is 0. The highest BCUT2D eigenvalue weighted by Gasteiger charge is 2.16. The van der Waals surface area contributed by atoms with Crippen LogP contribution in [0.2, 0.25) is 0 Å². The normalized spacial score (nSPS) is 10.2. The molecule has 0 spiro atoms. The zero-order chi connectivity index (χ0) is 17.1. The lowest BCUT2D eigenvalue weighted by Crippen LogP contribution is -2.38. The molecule has 1 aromatic rings. The molecule has 0 fully saturated rings. The summed E-state index contributed by atoms with van der Waals surface area (Å²) in [6.45, 7) is 3.08. The molecule has 0 aliphatic carbocycles. The Balaban J connectivity index is 2.55. The number of aryl methyl sites for hydroxylation is 1. The molecule has 0 atom stereocenters. The largest absolute Gasteiger partial charge is 0.484 e. The van der Waals surface area contributed by atoms with Crippen LogP contribution in [0.15, 0.2) is 24.3 Å². The number of rotatable bonds is 10. The van der Waals surface area contributed by atoms with E-state index in [0.717, 1.165) is 12.0 Å². The third kappa shape index (κ3) is 7.15. The lowest BCUT2D eigenvalue weighted by molar-refractivity contribution is -0.142. The van der Waals surface area contributed by atoms with Crippen LogP contribution in [0.5, 0.6) is 5.75 Å². The predicted molar refractivity (Wildman–Crippen MR) is 86.4 cm³/mol. The van der Waals surface area contributed by atoms with Gasteiger partial charge in [-0.25, -0.2) is 0 Å². The standard InChI is InChI=1S/C17H25NO5/c1-4-14-6-5-7-15(12-14)23-13-16(19)18(10-11-21-2)9-8-17(20)22-3/h5-7,12H,4,8-11,13H2,1-3H3. The summed E-state index contributed by atoms with van der Waals surface area (Å²) < 4.78 is 15.2. The molecule has 6 nitrogen and oxygen atoms in total. The van der Waals surface area contributed by atoms with Crippen molar-refractivity contribution >= 4 is 11.9 Å². The summed E-state index contributed by atoms with van der Waals surface area (Å²) in [5.74, 6) is 0.127. The van der Waals surface area contributed by atoms with Gasteiger partial charge in [0.25, 0.3) is 5.91 Å². The molecule has 0 N–H and O–H groups in total. The summed E-state index contributed by atoms with van der Waals surface area (Å²) in [6.07, 6.45) is 1.06. The maximum absolute atomic E-state index is 12.3. The van der Waals surface area contributed by atoms with Gasteiger partial charge >= 0.3 is 5.97 Å². The topological polar surface area (TPSA) is 65.1 Å². The van der Waals surface area contributed by atoms with E-state index in [9.17, 15) is 9.59 Å². The van der Waals surface area contributed by atoms with Crippen molar-refractivity contribution in [3.63, 3.8) is 0 Å². The SMILES string of the molecule is CCc1cccc(OCC(=O)N(CCOC)CCC(=O)OC)c1. The Kier molecular flexibility index (Phi) is 8.75. The second-order valence-electron chi connectivity index (χ2n) is 4.99. The van der Waals surface area contributed by atoms with E-state index in [0.29, 0.717) is 18.9 Å². The van der Waals surface area contributed by atoms with Gasteiger partial charge in [-0.1, -0.05) is 19.1 Å². The molecule has 0 saturated heterocycles. The van der Waals surface area contributed by atoms with Crippen molar-refractivity contribution in [3.8, 4) is 5.75 Å². The number of amides is 1. The van der Waals surface area contributed by atoms with Crippen molar-refractivity contribution in [1.82, 2.24) is 4.90 Å². The number of benzene rings is 1. The molecule has 128 valence electrons. The van der Waals surface area contributed by atoms with Gasteiger partial charge in [-0.05, 0) is 24.1 Å². The quantitative estimate of drug-likeness (QED) is 0.613. The van der Waals surface area contributed by atoms with Crippen molar-refractivity contribution in [2.24, 2.45) is 0 Å². The molecular formula is C17H25NO5. The third-order valence-electron chi connectivity index (χ3n) is 3.40. The fraction of sp³-hybridized carbons (Fsp3) is 0.529. The second-order valence-corrected chi connectivity index (χ2v) is 4.99. The molecule has 0 aliphatic rings. The van der Waals surface area contributed by atoms with Crippen LogP contribution in [-0.2, 0) is 25.5 Å². The number of ether oxygens (including phenoxy) is 3. The van der Waals surface area contributed by atoms with E-state index in [-0.39, 0.29) is 31.4 Å². The van der Waals surface area contributed by atoms with E-state index in [2.05, 4.69) is 11.7 Å². The number of nitrogens with zero attached hydrogens (tertiary/aromatic N) is 1. The minimum atomic E-state index is -0.350. The average Bonchev–Trinajstić information content (AvgIpc) is 2.59. The van der Waals surface area contributed by atoms with Crippen LogP contribution in [0.1, 0.15) is 18.9 Å². The first kappa shape index (κ1) is 19.0. The zero-order valence-corrected chi connectivity index (χ0v) is 14.0. The van der Waals surface area contributed by atoms with Gasteiger partial charge in [-0.2, -0.15) is 0 Å². The van der Waals surface area contributed by atoms with Crippen molar-refractivity contribution in [2.75, 3.05) is 40.5 Å². The average molecular weight is 323 g/mol. The Bertz CT molecular complexity index is 504. The van der Waals surface area contributed by atoms with Gasteiger partial charge in [-0.15, -0.1) is 0 Å². The summed E-state index contributed by atoms with van der Waals surface area (Å²) in [7, 11) is 2.89. The van der Waals surface area contributed by atoms with E-state index < -0.39 is 0 Å². The Morgan fingerprint density at radius 3 is 2.61 bits per heavy atom. The molecule has 0 bridgehead atoms. The molecule has 0 unspecified atom stereocenters. The van der Waals surface area contributed by atoms with Crippen molar-refractivity contribution in [1.29, 1.82) is 0 Å². The Morgan fingerprint density at radius 2 is 1.96 bits per heavy atom. The van der Waals surface area contributed by atoms with E-state index in [1.807, 2.05) is 24.3 Å². The molecule has 0 aliphatic heterocycles. The highest BCUT2D eigenvalue weighted by Crippen LogP contribution is 2.13. The van der Waals surface area contributed by atoms with Crippen LogP contribution < -0.4 is 4.74 Å². The maximum Gasteiger partial charge on any atom is 0.307 e. The molecule has 0 aromatic heterocycles. The zero-order valence-electron chi connectivity index (χ0n) is 14.0. The number of esters is 1. The molecule has 1 aromatic carbocycles. The molecule has 0 heterocycles. The first-order valence-corrected chi connectivity index (χ1v) is 7.66. The van der Waals surface area contributed by atoms with Gasteiger partial charge < -0.3 is 19.1 Å². The Morgan fingerprint density at radius 1 is 1.17 bits per heavy atom. The molecule has 1 rings (SSSR count). The number of carbonyl (C=O) groups is 2. The monoisotopic (exact) mass is 323 g/mol. The Hall–Kier alpha value is -2.08. The molecule has 1 amide bonds. The maximum atomic E-state index is 12.3. The lowest BCUT2D eigenvalue weighted by Gasteiger charge is -2.22. The first-order chi connectivity index (χ1) is 11.1. The van der Waals surface area contributed by atoms with Crippen LogP contribution in [0.25, 0.3) is 0 Å². The van der Waals surface area contributed by atoms with Gasteiger partial charge in [0, 0.05) is 20.2 Å². The van der Waals surface area contributed by atoms with E-state index in [1.54, 1.807) is 12.0 Å². The summed E-state index contributed by atoms with van der Waals surface area (Å²) in [5.41, 5.74) is 1.15. The van der Waals surface area contributed by atoms with Gasteiger partial charge in [0.2, 0.25) is 0 Å². The number of hydrogen-bond acceptors (Lipinski definition) is 5.